The molecule has 3 heteroatoms. The second kappa shape index (κ2) is 6.09. The van der Waals surface area contributed by atoms with E-state index >= 15 is 0 Å². The summed E-state index contributed by atoms with van der Waals surface area (Å²) in [4.78, 5) is 0. The number of rotatable bonds is 3. The van der Waals surface area contributed by atoms with Gasteiger partial charge in [-0.15, -0.1) is 0 Å². The summed E-state index contributed by atoms with van der Waals surface area (Å²) in [6.45, 7) is 7.39. The summed E-state index contributed by atoms with van der Waals surface area (Å²) >= 11 is 0. The zero-order valence-electron chi connectivity index (χ0n) is 15.5. The van der Waals surface area contributed by atoms with Crippen molar-refractivity contribution < 1.29 is 0 Å². The van der Waals surface area contributed by atoms with Crippen molar-refractivity contribution in [3.05, 3.63) is 66.7 Å². The molecule has 0 aliphatic rings. The smallest absolute Gasteiger partial charge is 0.147 e. The van der Waals surface area contributed by atoms with Gasteiger partial charge in [-0.2, -0.15) is 0 Å². The molecule has 0 aliphatic heterocycles. The highest BCUT2D eigenvalue weighted by Gasteiger charge is 2.29. The quantitative estimate of drug-likeness (QED) is 0.293. The molecule has 0 N–H and O–H groups in total. The van der Waals surface area contributed by atoms with Crippen molar-refractivity contribution in [2.24, 2.45) is 0 Å². The molecule has 0 saturated heterocycles. The van der Waals surface area contributed by atoms with Gasteiger partial charge >= 0.3 is 0 Å². The van der Waals surface area contributed by atoms with Crippen LogP contribution < -0.4 is 5.19 Å². The summed E-state index contributed by atoms with van der Waals surface area (Å²) in [5.41, 5.74) is 0. The van der Waals surface area contributed by atoms with Crippen molar-refractivity contribution in [3.63, 3.8) is 0 Å². The van der Waals surface area contributed by atoms with Crippen LogP contribution in [0.25, 0.3) is 32.3 Å². The third kappa shape index (κ3) is 2.63. The maximum absolute atomic E-state index is 2.70. The van der Waals surface area contributed by atoms with E-state index < -0.39 is 8.24 Å². The van der Waals surface area contributed by atoms with Gasteiger partial charge in [-0.1, -0.05) is 74.2 Å². The SMILES string of the molecule is C[SiH2]N(C)[Si](C)(C)c1cccc2ccc3cc4ccccc4cc3c12. The number of nitrogens with zero attached hydrogens (tertiary/aromatic N) is 1. The average Bonchev–Trinajstić information content (AvgIpc) is 2.65. The van der Waals surface area contributed by atoms with Gasteiger partial charge < -0.3 is 4.23 Å². The second-order valence-electron chi connectivity index (χ2n) is 7.46. The minimum absolute atomic E-state index is 0.166. The molecule has 0 radical (unpaired) electrons. The molecule has 4 aromatic rings. The zero-order valence-corrected chi connectivity index (χ0v) is 17.9. The summed E-state index contributed by atoms with van der Waals surface area (Å²) in [6, 6.07) is 24.9. The second-order valence-corrected chi connectivity index (χ2v) is 14.1. The fourth-order valence-electron chi connectivity index (χ4n) is 3.91. The van der Waals surface area contributed by atoms with Crippen LogP contribution in [0.15, 0.2) is 66.7 Å². The van der Waals surface area contributed by atoms with Crippen molar-refractivity contribution in [1.29, 1.82) is 0 Å². The van der Waals surface area contributed by atoms with E-state index in [1.54, 1.807) is 5.19 Å². The Kier molecular flexibility index (Phi) is 4.03. The first-order chi connectivity index (χ1) is 12.0. The molecular formula is C22H25NSi2. The maximum atomic E-state index is 2.70. The number of benzene rings is 4. The molecule has 0 atom stereocenters. The van der Waals surface area contributed by atoms with Crippen LogP contribution in [0.1, 0.15) is 0 Å². The van der Waals surface area contributed by atoms with E-state index in [2.05, 4.69) is 97.6 Å². The Bertz CT molecular complexity index is 1090. The molecule has 0 spiro atoms. The van der Waals surface area contributed by atoms with Crippen molar-refractivity contribution >= 4 is 55.4 Å². The van der Waals surface area contributed by atoms with Gasteiger partial charge in [0.25, 0.3) is 0 Å². The summed E-state index contributed by atoms with van der Waals surface area (Å²) in [7, 11) is 0.528. The van der Waals surface area contributed by atoms with Crippen LogP contribution in [-0.2, 0) is 0 Å². The molecule has 1 nitrogen and oxygen atoms in total. The lowest BCUT2D eigenvalue weighted by Gasteiger charge is -2.34. The summed E-state index contributed by atoms with van der Waals surface area (Å²) in [6.07, 6.45) is 0. The Morgan fingerprint density at radius 1 is 0.760 bits per heavy atom. The molecule has 0 heterocycles. The van der Waals surface area contributed by atoms with Crippen LogP contribution in [0.3, 0.4) is 0 Å². The number of fused-ring (bicyclic) bond motifs is 4. The Morgan fingerprint density at radius 2 is 1.40 bits per heavy atom. The van der Waals surface area contributed by atoms with E-state index in [0.29, 0.717) is 0 Å². The molecule has 0 bridgehead atoms. The van der Waals surface area contributed by atoms with Gasteiger partial charge in [0.2, 0.25) is 0 Å². The minimum atomic E-state index is -1.64. The fourth-order valence-corrected chi connectivity index (χ4v) is 9.39. The molecule has 4 rings (SSSR count). The van der Waals surface area contributed by atoms with Crippen LogP contribution in [0.4, 0.5) is 0 Å². The van der Waals surface area contributed by atoms with Gasteiger partial charge in [0, 0.05) is 0 Å². The lowest BCUT2D eigenvalue weighted by atomic mass is 9.98. The van der Waals surface area contributed by atoms with Gasteiger partial charge in [-0.3, -0.25) is 0 Å². The Morgan fingerprint density at radius 3 is 2.12 bits per heavy atom. The Hall–Kier alpha value is -1.95. The van der Waals surface area contributed by atoms with Gasteiger partial charge in [0.1, 0.15) is 8.24 Å². The largest absolute Gasteiger partial charge is 0.350 e. The topological polar surface area (TPSA) is 3.24 Å². The first kappa shape index (κ1) is 16.5. The van der Waals surface area contributed by atoms with Crippen LogP contribution in [0.5, 0.6) is 0 Å². The average molecular weight is 360 g/mol. The summed E-state index contributed by atoms with van der Waals surface area (Å²) < 4.78 is 2.70. The van der Waals surface area contributed by atoms with Gasteiger partial charge in [0.15, 0.2) is 0 Å². The van der Waals surface area contributed by atoms with E-state index in [1.165, 1.54) is 32.3 Å². The molecule has 0 aromatic heterocycles. The highest BCUT2D eigenvalue weighted by atomic mass is 28.4. The standard InChI is InChI=1S/C22H25NSi2/c1-23(24-2)25(3,4)21-11-7-10-16-12-13-19-14-17-8-5-6-9-18(17)15-20(19)22(16)21/h5-15H,24H2,1-4H3. The summed E-state index contributed by atoms with van der Waals surface area (Å²) in [5.74, 6) is 0. The minimum Gasteiger partial charge on any atom is -0.350 e. The van der Waals surface area contributed by atoms with Crippen molar-refractivity contribution in [2.75, 3.05) is 7.05 Å². The highest BCUT2D eigenvalue weighted by Crippen LogP contribution is 2.30. The van der Waals surface area contributed by atoms with Crippen LogP contribution in [0.2, 0.25) is 19.6 Å². The van der Waals surface area contributed by atoms with Gasteiger partial charge in [0.05, 0.1) is 9.68 Å². The van der Waals surface area contributed by atoms with Gasteiger partial charge in [-0.25, -0.2) is 0 Å². The van der Waals surface area contributed by atoms with Crippen molar-refractivity contribution in [2.45, 2.75) is 19.6 Å². The van der Waals surface area contributed by atoms with E-state index in [4.69, 9.17) is 0 Å². The molecule has 0 fully saturated rings. The molecule has 0 unspecified atom stereocenters. The molecule has 25 heavy (non-hydrogen) atoms. The third-order valence-electron chi connectivity index (χ3n) is 5.81. The van der Waals surface area contributed by atoms with E-state index in [0.717, 1.165) is 0 Å². The zero-order chi connectivity index (χ0) is 17.6. The van der Waals surface area contributed by atoms with Crippen molar-refractivity contribution in [1.82, 2.24) is 4.23 Å². The molecule has 126 valence electrons. The van der Waals surface area contributed by atoms with Crippen LogP contribution >= 0.6 is 0 Å². The summed E-state index contributed by atoms with van der Waals surface area (Å²) in [5, 5.41) is 9.81. The third-order valence-corrected chi connectivity index (χ3v) is 13.7. The number of hydrogen-bond donors (Lipinski definition) is 0. The Balaban J connectivity index is 2.14. The normalized spacial score (nSPS) is 13.0. The van der Waals surface area contributed by atoms with Crippen molar-refractivity contribution in [3.8, 4) is 0 Å². The molecule has 0 saturated carbocycles. The van der Waals surface area contributed by atoms with Crippen LogP contribution in [-0.4, -0.2) is 29.2 Å². The number of hydrogen-bond acceptors (Lipinski definition) is 1. The van der Waals surface area contributed by atoms with E-state index in [-0.39, 0.29) is 9.68 Å². The highest BCUT2D eigenvalue weighted by molar-refractivity contribution is 6.92. The van der Waals surface area contributed by atoms with Crippen LogP contribution in [0, 0.1) is 0 Å². The molecule has 0 amide bonds. The molecule has 0 aliphatic carbocycles. The maximum Gasteiger partial charge on any atom is 0.147 e. The molecular weight excluding hydrogens is 334 g/mol. The molecule has 4 aromatic carbocycles. The lowest BCUT2D eigenvalue weighted by Crippen LogP contribution is -2.57. The predicted molar refractivity (Wildman–Crippen MR) is 118 cm³/mol. The monoisotopic (exact) mass is 359 g/mol. The lowest BCUT2D eigenvalue weighted by molar-refractivity contribution is 0.813. The fraction of sp³-hybridized carbons (Fsp3) is 0.182. The first-order valence-electron chi connectivity index (χ1n) is 9.08. The predicted octanol–water partition coefficient (Wildman–Crippen LogP) is 4.62. The van der Waals surface area contributed by atoms with E-state index in [1.807, 2.05) is 0 Å². The van der Waals surface area contributed by atoms with E-state index in [9.17, 15) is 0 Å². The van der Waals surface area contributed by atoms with Gasteiger partial charge in [-0.05, 0) is 56.7 Å². The first-order valence-corrected chi connectivity index (χ1v) is 14.1. The Labute approximate surface area is 153 Å².